The second-order valence-electron chi connectivity index (χ2n) is 9.12. The summed E-state index contributed by atoms with van der Waals surface area (Å²) >= 11 is 0. The molecule has 1 heterocycles. The Morgan fingerprint density at radius 2 is 1.16 bits per heavy atom. The molecule has 1 aromatic rings. The van der Waals surface area contributed by atoms with E-state index in [1.807, 2.05) is 0 Å². The topological polar surface area (TPSA) is 78.4 Å². The molecule has 0 spiro atoms. The van der Waals surface area contributed by atoms with E-state index in [0.717, 1.165) is 24.2 Å². The quantitative estimate of drug-likeness (QED) is 0.157. The van der Waals surface area contributed by atoms with E-state index in [0.29, 0.717) is 0 Å². The number of hydrogen-bond donors (Lipinski definition) is 3. The molecule has 1 aliphatic heterocycles. The molecular weight excluding hydrogens is 408 g/mol. The van der Waals surface area contributed by atoms with Crippen LogP contribution in [0.5, 0.6) is 0 Å². The molecule has 0 aromatic heterocycles. The lowest BCUT2D eigenvalue weighted by molar-refractivity contribution is 0.483. The van der Waals surface area contributed by atoms with E-state index in [9.17, 15) is 8.42 Å². The molecule has 1 aromatic carbocycles. The van der Waals surface area contributed by atoms with Crippen molar-refractivity contribution < 1.29 is 13.0 Å². The molecule has 1 aliphatic rings. The first-order valence-corrected chi connectivity index (χ1v) is 14.1. The van der Waals surface area contributed by atoms with Crippen molar-refractivity contribution in [1.82, 2.24) is 0 Å². The first-order chi connectivity index (χ1) is 15.0. The summed E-state index contributed by atoms with van der Waals surface area (Å²) in [5.41, 5.74) is 1.64. The molecule has 5 nitrogen and oxygen atoms in total. The molecule has 178 valence electrons. The third-order valence-electron chi connectivity index (χ3n) is 6.29. The van der Waals surface area contributed by atoms with E-state index < -0.39 is 10.1 Å². The van der Waals surface area contributed by atoms with Crippen LogP contribution in [0.2, 0.25) is 0 Å². The molecule has 0 fully saturated rings. The number of rotatable bonds is 18. The van der Waals surface area contributed by atoms with Crippen molar-refractivity contribution in [3.63, 3.8) is 0 Å². The van der Waals surface area contributed by atoms with Gasteiger partial charge in [-0.2, -0.15) is 8.42 Å². The molecule has 1 atom stereocenters. The lowest BCUT2D eigenvalue weighted by Crippen LogP contribution is -2.21. The Bertz CT molecular complexity index is 721. The van der Waals surface area contributed by atoms with E-state index in [1.165, 1.54) is 108 Å². The van der Waals surface area contributed by atoms with Gasteiger partial charge < -0.3 is 10.6 Å². The zero-order valence-electron chi connectivity index (χ0n) is 19.5. The Labute approximate surface area is 190 Å². The van der Waals surface area contributed by atoms with E-state index in [4.69, 9.17) is 4.55 Å². The molecule has 0 amide bonds. The maximum absolute atomic E-state index is 11.3. The SMILES string of the molecule is CCCCCCCCCCCCCCCCCCC1Nc2ccc(S(=O)(=O)O)cc2N1. The van der Waals surface area contributed by atoms with Crippen molar-refractivity contribution >= 4 is 21.5 Å². The predicted octanol–water partition coefficient (Wildman–Crippen LogP) is 7.75. The zero-order chi connectivity index (χ0) is 22.4. The highest BCUT2D eigenvalue weighted by Crippen LogP contribution is 2.32. The minimum atomic E-state index is -4.15. The van der Waals surface area contributed by atoms with Crippen molar-refractivity contribution in [2.45, 2.75) is 127 Å². The van der Waals surface area contributed by atoms with Gasteiger partial charge in [0.15, 0.2) is 0 Å². The van der Waals surface area contributed by atoms with E-state index in [1.54, 1.807) is 6.07 Å². The maximum atomic E-state index is 11.3. The van der Waals surface area contributed by atoms with E-state index in [-0.39, 0.29) is 11.1 Å². The molecular formula is C25H44N2O3S. The van der Waals surface area contributed by atoms with E-state index >= 15 is 0 Å². The van der Waals surface area contributed by atoms with Crippen LogP contribution in [0.15, 0.2) is 23.1 Å². The zero-order valence-corrected chi connectivity index (χ0v) is 20.3. The van der Waals surface area contributed by atoms with Gasteiger partial charge in [0.05, 0.1) is 22.4 Å². The Morgan fingerprint density at radius 1 is 0.710 bits per heavy atom. The number of nitrogens with one attached hydrogen (secondary N) is 2. The number of hydrogen-bond acceptors (Lipinski definition) is 4. The second-order valence-corrected chi connectivity index (χ2v) is 10.5. The monoisotopic (exact) mass is 452 g/mol. The third-order valence-corrected chi connectivity index (χ3v) is 7.14. The third kappa shape index (κ3) is 10.7. The van der Waals surface area contributed by atoms with Gasteiger partial charge in [-0.3, -0.25) is 4.55 Å². The fourth-order valence-electron chi connectivity index (χ4n) is 4.38. The summed E-state index contributed by atoms with van der Waals surface area (Å²) in [5, 5.41) is 6.69. The van der Waals surface area contributed by atoms with Crippen molar-refractivity contribution in [3.8, 4) is 0 Å². The van der Waals surface area contributed by atoms with Crippen molar-refractivity contribution in [2.24, 2.45) is 0 Å². The average Bonchev–Trinajstić information content (AvgIpc) is 3.15. The number of benzene rings is 1. The molecule has 6 heteroatoms. The summed E-state index contributed by atoms with van der Waals surface area (Å²) in [7, 11) is -4.15. The van der Waals surface area contributed by atoms with Gasteiger partial charge in [-0.25, -0.2) is 0 Å². The predicted molar refractivity (Wildman–Crippen MR) is 131 cm³/mol. The summed E-state index contributed by atoms with van der Waals surface area (Å²) in [6.07, 6.45) is 23.0. The molecule has 31 heavy (non-hydrogen) atoms. The highest BCUT2D eigenvalue weighted by atomic mass is 32.2. The number of unbranched alkanes of at least 4 members (excludes halogenated alkanes) is 15. The number of fused-ring (bicyclic) bond motifs is 1. The van der Waals surface area contributed by atoms with Crippen LogP contribution in [0.3, 0.4) is 0 Å². The van der Waals surface area contributed by atoms with Crippen LogP contribution in [0.4, 0.5) is 11.4 Å². The van der Waals surface area contributed by atoms with Crippen LogP contribution >= 0.6 is 0 Å². The van der Waals surface area contributed by atoms with Gasteiger partial charge in [0.25, 0.3) is 10.1 Å². The Balaban J connectivity index is 1.39. The summed E-state index contributed by atoms with van der Waals surface area (Å²) in [6.45, 7) is 2.28. The maximum Gasteiger partial charge on any atom is 0.294 e. The molecule has 0 aliphatic carbocycles. The van der Waals surface area contributed by atoms with Gasteiger partial charge in [0.2, 0.25) is 0 Å². The minimum Gasteiger partial charge on any atom is -0.364 e. The van der Waals surface area contributed by atoms with Crippen molar-refractivity contribution in [3.05, 3.63) is 18.2 Å². The van der Waals surface area contributed by atoms with Crippen LogP contribution in [0.1, 0.15) is 116 Å². The minimum absolute atomic E-state index is 0.0661. The van der Waals surface area contributed by atoms with Crippen LogP contribution in [0, 0.1) is 0 Å². The summed E-state index contributed by atoms with van der Waals surface area (Å²) < 4.78 is 31.7. The fourth-order valence-corrected chi connectivity index (χ4v) is 4.89. The highest BCUT2D eigenvalue weighted by molar-refractivity contribution is 7.85. The molecule has 0 saturated carbocycles. The largest absolute Gasteiger partial charge is 0.364 e. The van der Waals surface area contributed by atoms with Gasteiger partial charge in [-0.15, -0.1) is 0 Å². The van der Waals surface area contributed by atoms with Gasteiger partial charge in [0.1, 0.15) is 0 Å². The first kappa shape index (κ1) is 26.0. The molecule has 1 unspecified atom stereocenters. The molecule has 0 radical (unpaired) electrons. The van der Waals surface area contributed by atoms with Crippen LogP contribution in [-0.2, 0) is 10.1 Å². The second kappa shape index (κ2) is 14.7. The molecule has 0 bridgehead atoms. The van der Waals surface area contributed by atoms with Crippen molar-refractivity contribution in [2.75, 3.05) is 10.6 Å². The molecule has 2 rings (SSSR count). The summed E-state index contributed by atoms with van der Waals surface area (Å²) in [4.78, 5) is -0.0661. The first-order valence-electron chi connectivity index (χ1n) is 12.7. The molecule has 0 saturated heterocycles. The van der Waals surface area contributed by atoms with Gasteiger partial charge in [0, 0.05) is 0 Å². The highest BCUT2D eigenvalue weighted by Gasteiger charge is 2.21. The lowest BCUT2D eigenvalue weighted by Gasteiger charge is -2.12. The van der Waals surface area contributed by atoms with Gasteiger partial charge in [-0.05, 0) is 31.0 Å². The number of anilines is 2. The van der Waals surface area contributed by atoms with Crippen LogP contribution < -0.4 is 10.6 Å². The Kier molecular flexibility index (Phi) is 12.3. The van der Waals surface area contributed by atoms with Gasteiger partial charge in [-0.1, -0.05) is 103 Å². The summed E-state index contributed by atoms with van der Waals surface area (Å²) in [5.74, 6) is 0. The average molecular weight is 453 g/mol. The van der Waals surface area contributed by atoms with Crippen molar-refractivity contribution in [1.29, 1.82) is 0 Å². The molecule has 3 N–H and O–H groups in total. The standard InChI is InChI=1S/C25H44N2O3S/c1-2-3-4-5-6-7-8-9-10-11-12-13-14-15-16-17-18-25-26-23-20-19-22(31(28,29)30)21-24(23)27-25/h19-21,25-27H,2-18H2,1H3,(H,28,29,30). The fraction of sp³-hybridized carbons (Fsp3) is 0.760. The Hall–Kier alpha value is -1.27. The Morgan fingerprint density at radius 3 is 1.65 bits per heavy atom. The van der Waals surface area contributed by atoms with Gasteiger partial charge >= 0.3 is 0 Å². The van der Waals surface area contributed by atoms with E-state index in [2.05, 4.69) is 17.6 Å². The van der Waals surface area contributed by atoms with Crippen LogP contribution in [0.25, 0.3) is 0 Å². The lowest BCUT2D eigenvalue weighted by atomic mass is 10.0. The smallest absolute Gasteiger partial charge is 0.294 e. The summed E-state index contributed by atoms with van der Waals surface area (Å²) in [6, 6.07) is 4.63. The normalized spacial score (nSPS) is 15.5. The van der Waals surface area contributed by atoms with Crippen LogP contribution in [-0.4, -0.2) is 19.1 Å².